The lowest BCUT2D eigenvalue weighted by atomic mass is 10.1. The Bertz CT molecular complexity index is 312. The van der Waals surface area contributed by atoms with Crippen LogP contribution in [0.4, 0.5) is 0 Å². The standard InChI is InChI=1S/C8H4I2O4/c9-13-7(11)5-1-2-6(4-3-5)8(12)14-10/h1-4H. The third-order valence-corrected chi connectivity index (χ3v) is 2.30. The van der Waals surface area contributed by atoms with Gasteiger partial charge in [0.2, 0.25) is 0 Å². The van der Waals surface area contributed by atoms with E-state index < -0.39 is 11.9 Å². The normalized spacial score (nSPS) is 9.29. The van der Waals surface area contributed by atoms with E-state index in [0.717, 1.165) is 0 Å². The van der Waals surface area contributed by atoms with E-state index in [-0.39, 0.29) is 0 Å². The number of hydrogen-bond acceptors (Lipinski definition) is 4. The summed E-state index contributed by atoms with van der Waals surface area (Å²) in [5, 5.41) is 0. The van der Waals surface area contributed by atoms with E-state index in [0.29, 0.717) is 11.1 Å². The minimum atomic E-state index is -0.444. The molecule has 0 aromatic heterocycles. The van der Waals surface area contributed by atoms with Gasteiger partial charge in [-0.05, 0) is 24.3 Å². The number of carbonyl (C=O) groups is 2. The fourth-order valence-electron chi connectivity index (χ4n) is 0.831. The highest BCUT2D eigenvalue weighted by atomic mass is 127. The van der Waals surface area contributed by atoms with Crippen LogP contribution in [0.5, 0.6) is 0 Å². The van der Waals surface area contributed by atoms with Crippen LogP contribution >= 0.6 is 46.0 Å². The summed E-state index contributed by atoms with van der Waals surface area (Å²) in [5.74, 6) is -0.889. The van der Waals surface area contributed by atoms with Gasteiger partial charge in [0.05, 0.1) is 11.1 Å². The Balaban J connectivity index is 2.89. The van der Waals surface area contributed by atoms with Crippen molar-refractivity contribution in [2.24, 2.45) is 0 Å². The molecule has 0 fully saturated rings. The molecule has 0 aliphatic rings. The molecule has 1 rings (SSSR count). The van der Waals surface area contributed by atoms with Crippen molar-refractivity contribution in [3.8, 4) is 0 Å². The van der Waals surface area contributed by atoms with Crippen LogP contribution in [-0.4, -0.2) is 11.9 Å². The Hall–Kier alpha value is -0.380. The summed E-state index contributed by atoms with van der Waals surface area (Å²) < 4.78 is 8.95. The average Bonchev–Trinajstić information content (AvgIpc) is 2.27. The number of benzene rings is 1. The monoisotopic (exact) mass is 418 g/mol. The summed E-state index contributed by atoms with van der Waals surface area (Å²) >= 11 is 3.01. The van der Waals surface area contributed by atoms with E-state index in [1.807, 2.05) is 0 Å². The highest BCUT2D eigenvalue weighted by Crippen LogP contribution is 2.09. The lowest BCUT2D eigenvalue weighted by Crippen LogP contribution is -2.01. The second kappa shape index (κ2) is 5.49. The van der Waals surface area contributed by atoms with Gasteiger partial charge in [-0.2, -0.15) is 0 Å². The minimum absolute atomic E-state index is 0.393. The molecule has 0 bridgehead atoms. The second-order valence-corrected chi connectivity index (χ2v) is 3.19. The molecule has 0 aliphatic carbocycles. The van der Waals surface area contributed by atoms with Crippen LogP contribution in [0.3, 0.4) is 0 Å². The van der Waals surface area contributed by atoms with Crippen LogP contribution in [0.2, 0.25) is 0 Å². The molecule has 0 atom stereocenters. The van der Waals surface area contributed by atoms with Crippen LogP contribution in [0.15, 0.2) is 24.3 Å². The van der Waals surface area contributed by atoms with Gasteiger partial charge in [0, 0.05) is 0 Å². The first-order valence-corrected chi connectivity index (χ1v) is 5.21. The molecule has 14 heavy (non-hydrogen) atoms. The lowest BCUT2D eigenvalue weighted by Gasteiger charge is -1.98. The highest BCUT2D eigenvalue weighted by molar-refractivity contribution is 14.1. The Labute approximate surface area is 108 Å². The molecule has 0 heterocycles. The fraction of sp³-hybridized carbons (Fsp3) is 0. The molecule has 4 nitrogen and oxygen atoms in total. The summed E-state index contributed by atoms with van der Waals surface area (Å²) in [6.07, 6.45) is 0. The zero-order chi connectivity index (χ0) is 10.6. The Morgan fingerprint density at radius 3 is 1.36 bits per heavy atom. The molecular weight excluding hydrogens is 414 g/mol. The maximum Gasteiger partial charge on any atom is 0.347 e. The number of carbonyl (C=O) groups excluding carboxylic acids is 2. The number of rotatable bonds is 2. The fourth-order valence-corrected chi connectivity index (χ4v) is 1.34. The van der Waals surface area contributed by atoms with Crippen LogP contribution in [0.25, 0.3) is 0 Å². The van der Waals surface area contributed by atoms with Crippen molar-refractivity contribution in [3.63, 3.8) is 0 Å². The van der Waals surface area contributed by atoms with E-state index in [1.54, 1.807) is 0 Å². The molecular formula is C8H4I2O4. The van der Waals surface area contributed by atoms with Gasteiger partial charge in [-0.15, -0.1) is 0 Å². The minimum Gasteiger partial charge on any atom is -0.391 e. The summed E-state index contributed by atoms with van der Waals surface area (Å²) in [4.78, 5) is 22.0. The highest BCUT2D eigenvalue weighted by Gasteiger charge is 2.09. The van der Waals surface area contributed by atoms with Crippen molar-refractivity contribution in [1.29, 1.82) is 0 Å². The van der Waals surface area contributed by atoms with E-state index in [4.69, 9.17) is 0 Å². The van der Waals surface area contributed by atoms with E-state index in [2.05, 4.69) is 6.13 Å². The predicted octanol–water partition coefficient (Wildman–Crippen LogP) is 2.70. The van der Waals surface area contributed by atoms with Crippen molar-refractivity contribution in [3.05, 3.63) is 35.4 Å². The molecule has 0 spiro atoms. The zero-order valence-corrected chi connectivity index (χ0v) is 11.0. The van der Waals surface area contributed by atoms with E-state index in [1.165, 1.54) is 70.3 Å². The van der Waals surface area contributed by atoms with E-state index in [9.17, 15) is 9.59 Å². The average molecular weight is 418 g/mol. The van der Waals surface area contributed by atoms with Gasteiger partial charge in [-0.25, -0.2) is 9.59 Å². The molecule has 1 aromatic rings. The Morgan fingerprint density at radius 1 is 0.857 bits per heavy atom. The first-order valence-electron chi connectivity index (χ1n) is 3.45. The largest absolute Gasteiger partial charge is 0.391 e. The molecule has 0 saturated carbocycles. The molecule has 1 aromatic carbocycles. The third-order valence-electron chi connectivity index (χ3n) is 1.50. The molecule has 0 amide bonds. The van der Waals surface area contributed by atoms with Crippen LogP contribution in [-0.2, 0) is 6.13 Å². The van der Waals surface area contributed by atoms with Crippen molar-refractivity contribution in [1.82, 2.24) is 0 Å². The lowest BCUT2D eigenvalue weighted by molar-refractivity contribution is 0.0786. The molecule has 0 N–H and O–H groups in total. The van der Waals surface area contributed by atoms with Crippen molar-refractivity contribution in [2.75, 3.05) is 0 Å². The van der Waals surface area contributed by atoms with E-state index >= 15 is 0 Å². The maximum atomic E-state index is 11.0. The summed E-state index contributed by atoms with van der Waals surface area (Å²) in [7, 11) is 0. The molecule has 0 saturated heterocycles. The van der Waals surface area contributed by atoms with Crippen LogP contribution in [0.1, 0.15) is 20.7 Å². The van der Waals surface area contributed by atoms with Crippen molar-refractivity contribution in [2.45, 2.75) is 0 Å². The molecule has 0 aliphatic heterocycles. The van der Waals surface area contributed by atoms with Gasteiger partial charge >= 0.3 is 11.9 Å². The third kappa shape index (κ3) is 2.80. The van der Waals surface area contributed by atoms with Gasteiger partial charge in [0.25, 0.3) is 0 Å². The van der Waals surface area contributed by atoms with Gasteiger partial charge in [-0.1, -0.05) is 0 Å². The Kier molecular flexibility index (Phi) is 4.58. The summed E-state index contributed by atoms with van der Waals surface area (Å²) in [6.45, 7) is 0. The molecule has 6 heteroatoms. The van der Waals surface area contributed by atoms with Gasteiger partial charge in [0.1, 0.15) is 0 Å². The first kappa shape index (κ1) is 11.7. The summed E-state index contributed by atoms with van der Waals surface area (Å²) in [6, 6.07) is 6.02. The predicted molar refractivity (Wildman–Crippen MR) is 65.3 cm³/mol. The summed E-state index contributed by atoms with van der Waals surface area (Å²) in [5.41, 5.74) is 0.786. The maximum absolute atomic E-state index is 11.0. The molecule has 0 unspecified atom stereocenters. The van der Waals surface area contributed by atoms with Crippen LogP contribution in [0, 0.1) is 0 Å². The topological polar surface area (TPSA) is 52.6 Å². The number of hydrogen-bond donors (Lipinski definition) is 0. The van der Waals surface area contributed by atoms with Gasteiger partial charge < -0.3 is 6.13 Å². The quantitative estimate of drug-likeness (QED) is 0.694. The molecule has 0 radical (unpaired) electrons. The zero-order valence-electron chi connectivity index (χ0n) is 6.70. The SMILES string of the molecule is O=C(OI)c1ccc(C(=O)OI)cc1. The van der Waals surface area contributed by atoms with Crippen LogP contribution < -0.4 is 0 Å². The van der Waals surface area contributed by atoms with Crippen molar-refractivity contribution >= 4 is 58.0 Å². The second-order valence-electron chi connectivity index (χ2n) is 2.31. The van der Waals surface area contributed by atoms with Gasteiger partial charge in [0.15, 0.2) is 46.0 Å². The molecule has 74 valence electrons. The Morgan fingerprint density at radius 2 is 1.14 bits per heavy atom. The van der Waals surface area contributed by atoms with Crippen molar-refractivity contribution < 1.29 is 15.7 Å². The first-order chi connectivity index (χ1) is 6.69. The van der Waals surface area contributed by atoms with Gasteiger partial charge in [-0.3, -0.25) is 0 Å². The smallest absolute Gasteiger partial charge is 0.347 e. The number of halogens is 2.